The zero-order valence-corrected chi connectivity index (χ0v) is 12.6. The van der Waals surface area contributed by atoms with Gasteiger partial charge >= 0.3 is 6.18 Å². The van der Waals surface area contributed by atoms with Crippen molar-refractivity contribution in [2.75, 3.05) is 0 Å². The topological polar surface area (TPSA) is 103 Å². The van der Waals surface area contributed by atoms with E-state index in [-0.39, 0.29) is 33.9 Å². The molecule has 0 saturated carbocycles. The smallest absolute Gasteiger partial charge is 0.338 e. The minimum absolute atomic E-state index is 0.0272. The first kappa shape index (κ1) is 15.8. The summed E-state index contributed by atoms with van der Waals surface area (Å²) in [5.74, 6) is -0.376. The molecule has 24 heavy (non-hydrogen) atoms. The maximum atomic E-state index is 13.2. The monoisotopic (exact) mass is 336 g/mol. The van der Waals surface area contributed by atoms with Gasteiger partial charge in [-0.1, -0.05) is 13.8 Å². The average Bonchev–Trinajstić information content (AvgIpc) is 3.12. The van der Waals surface area contributed by atoms with E-state index in [9.17, 15) is 18.0 Å². The van der Waals surface area contributed by atoms with Crippen LogP contribution in [0.2, 0.25) is 0 Å². The van der Waals surface area contributed by atoms with Crippen molar-refractivity contribution >= 4 is 5.65 Å². The van der Waals surface area contributed by atoms with E-state index < -0.39 is 17.4 Å². The number of H-pyrrole nitrogens is 2. The molecule has 3 aromatic rings. The zero-order chi connectivity index (χ0) is 17.6. The SMILES string of the molecule is CC(C)c1c(-c2c[nH]nc2C(F)(F)F)[nH]c2c(C#N)cnn2c1=O. The van der Waals surface area contributed by atoms with Gasteiger partial charge in [0.15, 0.2) is 11.3 Å². The van der Waals surface area contributed by atoms with Gasteiger partial charge in [0.25, 0.3) is 5.56 Å². The van der Waals surface area contributed by atoms with Gasteiger partial charge in [-0.05, 0) is 5.92 Å². The maximum absolute atomic E-state index is 13.2. The number of fused-ring (bicyclic) bond motifs is 1. The van der Waals surface area contributed by atoms with Gasteiger partial charge in [-0.3, -0.25) is 9.89 Å². The van der Waals surface area contributed by atoms with Crippen molar-refractivity contribution in [3.05, 3.63) is 39.6 Å². The Hall–Kier alpha value is -3.09. The van der Waals surface area contributed by atoms with Gasteiger partial charge in [-0.25, -0.2) is 0 Å². The number of aromatic nitrogens is 5. The van der Waals surface area contributed by atoms with Crippen molar-refractivity contribution in [3.8, 4) is 17.3 Å². The van der Waals surface area contributed by atoms with Crippen LogP contribution in [-0.4, -0.2) is 24.8 Å². The Morgan fingerprint density at radius 3 is 2.67 bits per heavy atom. The number of alkyl halides is 3. The van der Waals surface area contributed by atoms with Crippen LogP contribution in [0.3, 0.4) is 0 Å². The second-order valence-electron chi connectivity index (χ2n) is 5.45. The molecule has 0 spiro atoms. The van der Waals surface area contributed by atoms with Crippen LogP contribution >= 0.6 is 0 Å². The normalized spacial score (nSPS) is 12.0. The van der Waals surface area contributed by atoms with Gasteiger partial charge in [0.2, 0.25) is 0 Å². The van der Waals surface area contributed by atoms with Gasteiger partial charge in [-0.15, -0.1) is 0 Å². The molecule has 3 heterocycles. The van der Waals surface area contributed by atoms with E-state index in [1.807, 2.05) is 6.07 Å². The number of nitrogens with one attached hydrogen (secondary N) is 2. The van der Waals surface area contributed by atoms with Crippen molar-refractivity contribution < 1.29 is 13.2 Å². The highest BCUT2D eigenvalue weighted by Gasteiger charge is 2.38. The molecule has 3 rings (SSSR count). The van der Waals surface area contributed by atoms with E-state index in [4.69, 9.17) is 5.26 Å². The molecule has 3 aromatic heterocycles. The third-order valence-corrected chi connectivity index (χ3v) is 3.58. The number of nitrogens with zero attached hydrogens (tertiary/aromatic N) is 4. The van der Waals surface area contributed by atoms with Crippen LogP contribution in [-0.2, 0) is 6.18 Å². The zero-order valence-electron chi connectivity index (χ0n) is 12.6. The molecule has 0 amide bonds. The van der Waals surface area contributed by atoms with Crippen molar-refractivity contribution in [1.82, 2.24) is 24.8 Å². The maximum Gasteiger partial charge on any atom is 0.435 e. The quantitative estimate of drug-likeness (QED) is 0.750. The summed E-state index contributed by atoms with van der Waals surface area (Å²) in [5, 5.41) is 18.3. The van der Waals surface area contributed by atoms with Gasteiger partial charge in [0.1, 0.15) is 11.6 Å². The molecular weight excluding hydrogens is 325 g/mol. The molecule has 0 radical (unpaired) electrons. The van der Waals surface area contributed by atoms with Crippen LogP contribution in [0.25, 0.3) is 16.9 Å². The molecule has 2 N–H and O–H groups in total. The molecule has 0 fully saturated rings. The van der Waals surface area contributed by atoms with Crippen LogP contribution < -0.4 is 5.56 Å². The Labute approximate surface area is 132 Å². The highest BCUT2D eigenvalue weighted by molar-refractivity contribution is 5.69. The van der Waals surface area contributed by atoms with Crippen molar-refractivity contribution in [2.45, 2.75) is 25.9 Å². The van der Waals surface area contributed by atoms with Crippen molar-refractivity contribution in [2.24, 2.45) is 0 Å². The van der Waals surface area contributed by atoms with E-state index in [0.717, 1.165) is 10.7 Å². The second-order valence-corrected chi connectivity index (χ2v) is 5.45. The van der Waals surface area contributed by atoms with Crippen LogP contribution in [0, 0.1) is 11.3 Å². The van der Waals surface area contributed by atoms with Crippen molar-refractivity contribution in [1.29, 1.82) is 5.26 Å². The molecule has 0 bridgehead atoms. The third-order valence-electron chi connectivity index (χ3n) is 3.58. The van der Waals surface area contributed by atoms with Crippen LogP contribution in [0.5, 0.6) is 0 Å². The predicted molar refractivity (Wildman–Crippen MR) is 77.2 cm³/mol. The van der Waals surface area contributed by atoms with Crippen molar-refractivity contribution in [3.63, 3.8) is 0 Å². The van der Waals surface area contributed by atoms with Crippen LogP contribution in [0.15, 0.2) is 17.2 Å². The molecule has 0 aliphatic carbocycles. The Morgan fingerprint density at radius 1 is 1.38 bits per heavy atom. The summed E-state index contributed by atoms with van der Waals surface area (Å²) in [6.07, 6.45) is -2.44. The fourth-order valence-electron chi connectivity index (χ4n) is 2.56. The Kier molecular flexibility index (Phi) is 3.44. The van der Waals surface area contributed by atoms with Gasteiger partial charge in [-0.2, -0.15) is 33.1 Å². The lowest BCUT2D eigenvalue weighted by Crippen LogP contribution is -2.23. The summed E-state index contributed by atoms with van der Waals surface area (Å²) in [5.41, 5.74) is -1.80. The Balaban J connectivity index is 2.44. The molecule has 0 atom stereocenters. The average molecular weight is 336 g/mol. The number of rotatable bonds is 2. The molecule has 10 heteroatoms. The summed E-state index contributed by atoms with van der Waals surface area (Å²) in [4.78, 5) is 15.4. The highest BCUT2D eigenvalue weighted by atomic mass is 19.4. The van der Waals surface area contributed by atoms with E-state index in [1.54, 1.807) is 13.8 Å². The lowest BCUT2D eigenvalue weighted by molar-refractivity contribution is -0.140. The minimum Gasteiger partial charge on any atom is -0.338 e. The summed E-state index contributed by atoms with van der Waals surface area (Å²) < 4.78 is 40.4. The lowest BCUT2D eigenvalue weighted by atomic mass is 9.98. The molecule has 0 aliphatic rings. The summed E-state index contributed by atoms with van der Waals surface area (Å²) >= 11 is 0. The molecule has 0 saturated heterocycles. The van der Waals surface area contributed by atoms with Gasteiger partial charge in [0.05, 0.1) is 11.9 Å². The molecule has 0 unspecified atom stereocenters. The van der Waals surface area contributed by atoms with E-state index in [0.29, 0.717) is 0 Å². The minimum atomic E-state index is -4.69. The summed E-state index contributed by atoms with van der Waals surface area (Å²) in [7, 11) is 0. The van der Waals surface area contributed by atoms with Crippen LogP contribution in [0.4, 0.5) is 13.2 Å². The Bertz CT molecular complexity index is 1020. The number of halogens is 3. The largest absolute Gasteiger partial charge is 0.435 e. The number of hydrogen-bond acceptors (Lipinski definition) is 4. The number of hydrogen-bond donors (Lipinski definition) is 2. The summed E-state index contributed by atoms with van der Waals surface area (Å²) in [6, 6.07) is 1.84. The van der Waals surface area contributed by atoms with Gasteiger partial charge in [0, 0.05) is 17.3 Å². The first-order chi connectivity index (χ1) is 11.3. The molecular formula is C14H11F3N6O. The Morgan fingerprint density at radius 2 is 2.08 bits per heavy atom. The molecule has 7 nitrogen and oxygen atoms in total. The molecule has 0 aliphatic heterocycles. The standard InChI is InChI=1S/C14H11F3N6O/c1-6(2)9-10(8-5-19-22-11(8)14(15,16)17)21-12-7(3-18)4-20-23(12)13(9)24/h4-6,21H,1-2H3,(H,19,22). The second kappa shape index (κ2) is 5.23. The fourth-order valence-corrected chi connectivity index (χ4v) is 2.56. The third kappa shape index (κ3) is 2.25. The van der Waals surface area contributed by atoms with Gasteiger partial charge < -0.3 is 4.98 Å². The predicted octanol–water partition coefficient (Wildman–Crippen LogP) is 2.43. The first-order valence-corrected chi connectivity index (χ1v) is 6.91. The molecule has 0 aromatic carbocycles. The fraction of sp³-hybridized carbons (Fsp3) is 0.286. The number of nitriles is 1. The van der Waals surface area contributed by atoms with Crippen LogP contribution in [0.1, 0.15) is 36.6 Å². The van der Waals surface area contributed by atoms with E-state index in [2.05, 4.69) is 20.3 Å². The van der Waals surface area contributed by atoms with E-state index >= 15 is 0 Å². The first-order valence-electron chi connectivity index (χ1n) is 6.91. The summed E-state index contributed by atoms with van der Waals surface area (Å²) in [6.45, 7) is 3.36. The molecule has 124 valence electrons. The van der Waals surface area contributed by atoms with E-state index in [1.165, 1.54) is 6.20 Å². The number of aromatic amines is 2. The lowest BCUT2D eigenvalue weighted by Gasteiger charge is -2.13. The highest BCUT2D eigenvalue weighted by Crippen LogP contribution is 2.36.